The molecule has 33 heavy (non-hydrogen) atoms. The van der Waals surface area contributed by atoms with Gasteiger partial charge in [-0.25, -0.2) is 4.98 Å². The Kier molecular flexibility index (Phi) is 7.74. The molecule has 1 N–H and O–H groups in total. The first-order valence-electron chi connectivity index (χ1n) is 12.0. The highest BCUT2D eigenvalue weighted by Gasteiger charge is 2.19. The molecule has 1 atom stereocenters. The first kappa shape index (κ1) is 23.0. The summed E-state index contributed by atoms with van der Waals surface area (Å²) in [5.74, 6) is 0.830. The van der Waals surface area contributed by atoms with Crippen LogP contribution in [0, 0.1) is 6.92 Å². The van der Waals surface area contributed by atoms with Crippen molar-refractivity contribution in [2.45, 2.75) is 39.2 Å². The maximum absolute atomic E-state index is 12.8. The molecule has 0 unspecified atom stereocenters. The molecule has 0 radical (unpaired) electrons. The number of aromatic nitrogens is 1. The van der Waals surface area contributed by atoms with Crippen LogP contribution in [0.5, 0.6) is 0 Å². The lowest BCUT2D eigenvalue weighted by molar-refractivity contribution is -0.117. The van der Waals surface area contributed by atoms with Crippen molar-refractivity contribution >= 4 is 17.4 Å². The van der Waals surface area contributed by atoms with Gasteiger partial charge in [-0.3, -0.25) is 9.69 Å². The number of aryl methyl sites for hydroxylation is 1. The van der Waals surface area contributed by atoms with E-state index in [0.717, 1.165) is 62.6 Å². The van der Waals surface area contributed by atoms with Crippen LogP contribution >= 0.6 is 0 Å². The van der Waals surface area contributed by atoms with Crippen molar-refractivity contribution in [2.75, 3.05) is 36.4 Å². The van der Waals surface area contributed by atoms with Gasteiger partial charge in [-0.05, 0) is 43.0 Å². The standard InChI is InChI=1S/C28H34N4O/c1-3-26(24-11-5-4-6-12-24)28(33)30-25-13-14-27(29-20-25)32-16-8-15-31(17-18-32)21-23-10-7-9-22(2)19-23/h4-7,9-14,19-20,26H,3,8,15-18,21H2,1-2H3,(H,30,33)/t26-/m1/s1. The molecule has 2 aromatic carbocycles. The second kappa shape index (κ2) is 11.1. The highest BCUT2D eigenvalue weighted by Crippen LogP contribution is 2.22. The summed E-state index contributed by atoms with van der Waals surface area (Å²) in [5.41, 5.74) is 4.48. The summed E-state index contributed by atoms with van der Waals surface area (Å²) < 4.78 is 0. The number of hydrogen-bond donors (Lipinski definition) is 1. The van der Waals surface area contributed by atoms with Crippen molar-refractivity contribution in [1.82, 2.24) is 9.88 Å². The average molecular weight is 443 g/mol. The van der Waals surface area contributed by atoms with Gasteiger partial charge in [-0.15, -0.1) is 0 Å². The Morgan fingerprint density at radius 3 is 2.58 bits per heavy atom. The summed E-state index contributed by atoms with van der Waals surface area (Å²) in [7, 11) is 0. The summed E-state index contributed by atoms with van der Waals surface area (Å²) >= 11 is 0. The molecule has 0 saturated carbocycles. The Balaban J connectivity index is 1.33. The van der Waals surface area contributed by atoms with Crippen molar-refractivity contribution in [1.29, 1.82) is 0 Å². The van der Waals surface area contributed by atoms with Crippen LogP contribution in [0.25, 0.3) is 0 Å². The fourth-order valence-electron chi connectivity index (χ4n) is 4.56. The lowest BCUT2D eigenvalue weighted by Crippen LogP contribution is -2.31. The van der Waals surface area contributed by atoms with Crippen LogP contribution in [0.1, 0.15) is 42.4 Å². The Morgan fingerprint density at radius 2 is 1.85 bits per heavy atom. The number of nitrogens with zero attached hydrogens (tertiary/aromatic N) is 3. The van der Waals surface area contributed by atoms with E-state index < -0.39 is 0 Å². The molecule has 1 aliphatic rings. The van der Waals surface area contributed by atoms with Gasteiger partial charge in [0.1, 0.15) is 5.82 Å². The van der Waals surface area contributed by atoms with E-state index in [4.69, 9.17) is 0 Å². The molecular weight excluding hydrogens is 408 g/mol. The van der Waals surface area contributed by atoms with Crippen LogP contribution in [0.3, 0.4) is 0 Å². The van der Waals surface area contributed by atoms with E-state index in [0.29, 0.717) is 0 Å². The molecule has 1 aromatic heterocycles. The van der Waals surface area contributed by atoms with Gasteiger partial charge in [-0.1, -0.05) is 67.1 Å². The molecular formula is C28H34N4O. The number of rotatable bonds is 7. The smallest absolute Gasteiger partial charge is 0.231 e. The first-order chi connectivity index (χ1) is 16.1. The molecule has 5 nitrogen and oxygen atoms in total. The summed E-state index contributed by atoms with van der Waals surface area (Å²) in [5, 5.41) is 3.04. The lowest BCUT2D eigenvalue weighted by atomic mass is 9.95. The molecule has 0 spiro atoms. The van der Waals surface area contributed by atoms with Gasteiger partial charge in [0.15, 0.2) is 0 Å². The number of benzene rings is 2. The average Bonchev–Trinajstić information content (AvgIpc) is 3.06. The van der Waals surface area contributed by atoms with Crippen LogP contribution in [-0.2, 0) is 11.3 Å². The first-order valence-corrected chi connectivity index (χ1v) is 12.0. The van der Waals surface area contributed by atoms with Gasteiger partial charge in [0.2, 0.25) is 5.91 Å². The maximum atomic E-state index is 12.8. The van der Waals surface area contributed by atoms with Gasteiger partial charge < -0.3 is 10.2 Å². The van der Waals surface area contributed by atoms with Crippen LogP contribution in [0.2, 0.25) is 0 Å². The molecule has 1 saturated heterocycles. The number of carbonyl (C=O) groups is 1. The minimum atomic E-state index is -0.157. The van der Waals surface area contributed by atoms with Gasteiger partial charge >= 0.3 is 0 Å². The van der Waals surface area contributed by atoms with Gasteiger partial charge in [-0.2, -0.15) is 0 Å². The van der Waals surface area contributed by atoms with Crippen molar-refractivity contribution in [3.63, 3.8) is 0 Å². The molecule has 5 heteroatoms. The molecule has 2 heterocycles. The molecule has 0 aliphatic carbocycles. The second-order valence-electron chi connectivity index (χ2n) is 8.87. The van der Waals surface area contributed by atoms with E-state index in [-0.39, 0.29) is 11.8 Å². The quantitative estimate of drug-likeness (QED) is 0.544. The zero-order valence-electron chi connectivity index (χ0n) is 19.7. The second-order valence-corrected chi connectivity index (χ2v) is 8.87. The van der Waals surface area contributed by atoms with Crippen LogP contribution in [0.4, 0.5) is 11.5 Å². The summed E-state index contributed by atoms with van der Waals surface area (Å²) in [4.78, 5) is 22.4. The normalized spacial score (nSPS) is 15.6. The number of hydrogen-bond acceptors (Lipinski definition) is 4. The highest BCUT2D eigenvalue weighted by atomic mass is 16.1. The lowest BCUT2D eigenvalue weighted by Gasteiger charge is -2.23. The number of carbonyl (C=O) groups excluding carboxylic acids is 1. The monoisotopic (exact) mass is 442 g/mol. The van der Waals surface area contributed by atoms with E-state index in [9.17, 15) is 4.79 Å². The third-order valence-electron chi connectivity index (χ3n) is 6.34. The van der Waals surface area contributed by atoms with Gasteiger partial charge in [0.25, 0.3) is 0 Å². The predicted molar refractivity (Wildman–Crippen MR) is 136 cm³/mol. The van der Waals surface area contributed by atoms with E-state index in [1.54, 1.807) is 6.20 Å². The van der Waals surface area contributed by atoms with Gasteiger partial charge in [0.05, 0.1) is 17.8 Å². The van der Waals surface area contributed by atoms with Crippen LogP contribution < -0.4 is 10.2 Å². The topological polar surface area (TPSA) is 48.5 Å². The summed E-state index contributed by atoms with van der Waals surface area (Å²) in [6.45, 7) is 9.24. The van der Waals surface area contributed by atoms with E-state index in [2.05, 4.69) is 51.3 Å². The van der Waals surface area contributed by atoms with Crippen molar-refractivity contribution in [3.05, 3.63) is 89.6 Å². The Bertz CT molecular complexity index is 1040. The number of nitrogens with one attached hydrogen (secondary N) is 1. The molecule has 1 aliphatic heterocycles. The largest absolute Gasteiger partial charge is 0.355 e. The Labute approximate surface area is 197 Å². The van der Waals surface area contributed by atoms with E-state index >= 15 is 0 Å². The fraction of sp³-hybridized carbons (Fsp3) is 0.357. The third-order valence-corrected chi connectivity index (χ3v) is 6.34. The molecule has 1 fully saturated rings. The van der Waals surface area contributed by atoms with E-state index in [1.807, 2.05) is 49.4 Å². The zero-order chi connectivity index (χ0) is 23.0. The summed E-state index contributed by atoms with van der Waals surface area (Å²) in [6, 6.07) is 22.7. The zero-order valence-corrected chi connectivity index (χ0v) is 19.7. The fourth-order valence-corrected chi connectivity index (χ4v) is 4.56. The van der Waals surface area contributed by atoms with Crippen molar-refractivity contribution < 1.29 is 4.79 Å². The maximum Gasteiger partial charge on any atom is 0.231 e. The molecule has 172 valence electrons. The van der Waals surface area contributed by atoms with E-state index in [1.165, 1.54) is 11.1 Å². The van der Waals surface area contributed by atoms with Crippen LogP contribution in [-0.4, -0.2) is 42.0 Å². The summed E-state index contributed by atoms with van der Waals surface area (Å²) in [6.07, 6.45) is 3.65. The van der Waals surface area contributed by atoms with Gasteiger partial charge in [0, 0.05) is 32.7 Å². The molecule has 4 rings (SSSR count). The number of pyridine rings is 1. The minimum Gasteiger partial charge on any atom is -0.355 e. The minimum absolute atomic E-state index is 0.0137. The van der Waals surface area contributed by atoms with Crippen molar-refractivity contribution in [2.24, 2.45) is 0 Å². The Hall–Kier alpha value is -3.18. The van der Waals surface area contributed by atoms with Crippen LogP contribution in [0.15, 0.2) is 72.9 Å². The number of amides is 1. The Morgan fingerprint density at radius 1 is 1.00 bits per heavy atom. The third kappa shape index (κ3) is 6.20. The highest BCUT2D eigenvalue weighted by molar-refractivity contribution is 5.95. The molecule has 0 bridgehead atoms. The molecule has 3 aromatic rings. The predicted octanol–water partition coefficient (Wildman–Crippen LogP) is 5.23. The SMILES string of the molecule is CC[C@@H](C(=O)Nc1ccc(N2CCCN(Cc3cccc(C)c3)CC2)nc1)c1ccccc1. The van der Waals surface area contributed by atoms with Crippen molar-refractivity contribution in [3.8, 4) is 0 Å². The number of anilines is 2. The molecule has 1 amide bonds.